The number of aryl methyl sites for hydroxylation is 1. The van der Waals surface area contributed by atoms with Crippen LogP contribution in [0, 0.1) is 6.92 Å². The Labute approximate surface area is 148 Å². The highest BCUT2D eigenvalue weighted by molar-refractivity contribution is 5.90. The number of fused-ring (bicyclic) bond motifs is 1. The molecule has 1 aromatic carbocycles. The van der Waals surface area contributed by atoms with Crippen molar-refractivity contribution >= 4 is 16.7 Å². The van der Waals surface area contributed by atoms with Gasteiger partial charge >= 0.3 is 0 Å². The van der Waals surface area contributed by atoms with Gasteiger partial charge in [0.25, 0.3) is 5.82 Å². The summed E-state index contributed by atoms with van der Waals surface area (Å²) in [5, 5.41) is 1.16. The number of pyridine rings is 2. The fourth-order valence-corrected chi connectivity index (χ4v) is 3.54. The Balaban J connectivity index is 2.03. The first-order valence-corrected chi connectivity index (χ1v) is 8.60. The maximum absolute atomic E-state index is 4.64. The molecule has 0 radical (unpaired) electrons. The van der Waals surface area contributed by atoms with Crippen LogP contribution < -0.4 is 9.47 Å². The summed E-state index contributed by atoms with van der Waals surface area (Å²) in [6.07, 6.45) is 6.39. The Hall–Kier alpha value is -2.88. The molecule has 1 atom stereocenters. The minimum absolute atomic E-state index is 0.265. The zero-order valence-electron chi connectivity index (χ0n) is 15.1. The van der Waals surface area contributed by atoms with E-state index in [2.05, 4.69) is 96.1 Å². The molecule has 0 bridgehead atoms. The molecule has 25 heavy (non-hydrogen) atoms. The van der Waals surface area contributed by atoms with Crippen molar-refractivity contribution in [1.82, 2.24) is 9.88 Å². The van der Waals surface area contributed by atoms with Gasteiger partial charge in [-0.3, -0.25) is 4.98 Å². The van der Waals surface area contributed by atoms with E-state index in [1.165, 1.54) is 16.8 Å². The average molecular weight is 331 g/mol. The fraction of sp³-hybridized carbons (Fsp3) is 0.238. The molecule has 0 amide bonds. The van der Waals surface area contributed by atoms with Crippen LogP contribution in [0.2, 0.25) is 0 Å². The molecule has 3 heterocycles. The molecule has 4 nitrogen and oxygen atoms in total. The Morgan fingerprint density at radius 1 is 1.08 bits per heavy atom. The van der Waals surface area contributed by atoms with E-state index in [0.29, 0.717) is 0 Å². The third-order valence-corrected chi connectivity index (χ3v) is 5.15. The van der Waals surface area contributed by atoms with Gasteiger partial charge in [0.05, 0.1) is 18.0 Å². The van der Waals surface area contributed by atoms with Crippen molar-refractivity contribution in [2.75, 3.05) is 11.9 Å². The number of rotatable bonds is 2. The molecule has 0 saturated heterocycles. The molecular formula is C21H23N4+. The van der Waals surface area contributed by atoms with E-state index >= 15 is 0 Å². The second-order valence-electron chi connectivity index (χ2n) is 6.67. The van der Waals surface area contributed by atoms with Crippen molar-refractivity contribution in [3.63, 3.8) is 0 Å². The van der Waals surface area contributed by atoms with Crippen molar-refractivity contribution in [3.05, 3.63) is 66.6 Å². The Bertz CT molecular complexity index is 977. The van der Waals surface area contributed by atoms with Gasteiger partial charge in [-0.1, -0.05) is 24.3 Å². The maximum Gasteiger partial charge on any atom is 0.292 e. The normalized spacial score (nSPS) is 16.9. The Kier molecular flexibility index (Phi) is 3.68. The van der Waals surface area contributed by atoms with E-state index < -0.39 is 0 Å². The van der Waals surface area contributed by atoms with Gasteiger partial charge < -0.3 is 4.90 Å². The van der Waals surface area contributed by atoms with E-state index in [-0.39, 0.29) is 6.17 Å². The summed E-state index contributed by atoms with van der Waals surface area (Å²) in [4.78, 5) is 9.16. The van der Waals surface area contributed by atoms with Crippen molar-refractivity contribution in [2.24, 2.45) is 7.05 Å². The van der Waals surface area contributed by atoms with Crippen LogP contribution in [0.4, 0.5) is 5.82 Å². The first-order valence-electron chi connectivity index (χ1n) is 8.60. The molecule has 4 heteroatoms. The standard InChI is InChI=1S/C21H23N4/c1-15-8-5-6-9-17(15)20-14-19-18(10-7-11-22-19)21(24(20)4)25-13-12-23(3)16(25)2/h5-14,16H,1-4H3/q+1/t16-/m0/s1. The highest BCUT2D eigenvalue weighted by atomic mass is 15.4. The molecule has 0 aliphatic carbocycles. The number of aromatic nitrogens is 2. The minimum atomic E-state index is 0.265. The first-order chi connectivity index (χ1) is 12.1. The molecule has 126 valence electrons. The molecular weight excluding hydrogens is 308 g/mol. The lowest BCUT2D eigenvalue weighted by atomic mass is 10.0. The lowest BCUT2D eigenvalue weighted by Gasteiger charge is -2.23. The molecule has 3 aromatic rings. The Morgan fingerprint density at radius 3 is 2.60 bits per heavy atom. The van der Waals surface area contributed by atoms with Crippen LogP contribution in [0.25, 0.3) is 22.2 Å². The number of hydrogen-bond acceptors (Lipinski definition) is 3. The Morgan fingerprint density at radius 2 is 1.88 bits per heavy atom. The van der Waals surface area contributed by atoms with Gasteiger partial charge in [0, 0.05) is 31.1 Å². The largest absolute Gasteiger partial charge is 0.339 e. The zero-order valence-corrected chi connectivity index (χ0v) is 15.1. The van der Waals surface area contributed by atoms with Gasteiger partial charge in [-0.2, -0.15) is 0 Å². The van der Waals surface area contributed by atoms with Crippen LogP contribution in [0.5, 0.6) is 0 Å². The van der Waals surface area contributed by atoms with Crippen molar-refractivity contribution in [3.8, 4) is 11.3 Å². The highest BCUT2D eigenvalue weighted by Gasteiger charge is 2.32. The molecule has 0 spiro atoms. The smallest absolute Gasteiger partial charge is 0.292 e. The quantitative estimate of drug-likeness (QED) is 0.670. The van der Waals surface area contributed by atoms with Gasteiger partial charge in [0.2, 0.25) is 0 Å². The molecule has 4 rings (SSSR count). The number of anilines is 1. The average Bonchev–Trinajstić information content (AvgIpc) is 2.94. The molecule has 1 aliphatic rings. The van der Waals surface area contributed by atoms with Crippen molar-refractivity contribution in [2.45, 2.75) is 20.0 Å². The lowest BCUT2D eigenvalue weighted by molar-refractivity contribution is -0.646. The van der Waals surface area contributed by atoms with E-state index in [1.54, 1.807) is 0 Å². The van der Waals surface area contributed by atoms with Gasteiger partial charge in [0.15, 0.2) is 6.17 Å². The predicted octanol–water partition coefficient (Wildman–Crippen LogP) is 3.60. The summed E-state index contributed by atoms with van der Waals surface area (Å²) in [6.45, 7) is 4.37. The van der Waals surface area contributed by atoms with Gasteiger partial charge in [0.1, 0.15) is 11.9 Å². The number of hydrogen-bond donors (Lipinski definition) is 0. The van der Waals surface area contributed by atoms with Gasteiger partial charge in [-0.05, 0) is 31.5 Å². The molecule has 2 aromatic heterocycles. The molecule has 0 unspecified atom stereocenters. The monoisotopic (exact) mass is 331 g/mol. The molecule has 1 aliphatic heterocycles. The van der Waals surface area contributed by atoms with Crippen molar-refractivity contribution in [1.29, 1.82) is 0 Å². The SMILES string of the molecule is Cc1ccccc1-c1cc2ncccc2c(N2C=CN(C)[C@@H]2C)[n+]1C. The lowest BCUT2D eigenvalue weighted by Crippen LogP contribution is -2.44. The van der Waals surface area contributed by atoms with Crippen molar-refractivity contribution < 1.29 is 4.57 Å². The summed E-state index contributed by atoms with van der Waals surface area (Å²) < 4.78 is 2.28. The minimum Gasteiger partial charge on any atom is -0.339 e. The van der Waals surface area contributed by atoms with E-state index in [0.717, 1.165) is 16.7 Å². The van der Waals surface area contributed by atoms with E-state index in [9.17, 15) is 0 Å². The maximum atomic E-state index is 4.64. The summed E-state index contributed by atoms with van der Waals surface area (Å²) in [5.41, 5.74) is 4.70. The van der Waals surface area contributed by atoms with Crippen LogP contribution in [0.15, 0.2) is 61.1 Å². The van der Waals surface area contributed by atoms with Crippen LogP contribution in [-0.2, 0) is 7.05 Å². The van der Waals surface area contributed by atoms with Crippen LogP contribution >= 0.6 is 0 Å². The topological polar surface area (TPSA) is 23.3 Å². The van der Waals surface area contributed by atoms with Gasteiger partial charge in [-0.15, -0.1) is 0 Å². The fourth-order valence-electron chi connectivity index (χ4n) is 3.54. The molecule has 0 N–H and O–H groups in total. The summed E-state index contributed by atoms with van der Waals surface area (Å²) in [6, 6.07) is 14.9. The third kappa shape index (κ3) is 2.45. The summed E-state index contributed by atoms with van der Waals surface area (Å²) in [7, 11) is 4.25. The van der Waals surface area contributed by atoms with Crippen LogP contribution in [-0.4, -0.2) is 23.1 Å². The zero-order chi connectivity index (χ0) is 17.6. The second kappa shape index (κ2) is 5.88. The van der Waals surface area contributed by atoms with E-state index in [4.69, 9.17) is 0 Å². The van der Waals surface area contributed by atoms with Crippen LogP contribution in [0.3, 0.4) is 0 Å². The predicted molar refractivity (Wildman–Crippen MR) is 102 cm³/mol. The first kappa shape index (κ1) is 15.6. The molecule has 0 saturated carbocycles. The second-order valence-corrected chi connectivity index (χ2v) is 6.67. The summed E-state index contributed by atoms with van der Waals surface area (Å²) >= 11 is 0. The third-order valence-electron chi connectivity index (χ3n) is 5.15. The van der Waals surface area contributed by atoms with Gasteiger partial charge in [-0.25, -0.2) is 9.47 Å². The van der Waals surface area contributed by atoms with E-state index in [1.807, 2.05) is 12.3 Å². The highest BCUT2D eigenvalue weighted by Crippen LogP contribution is 2.31. The van der Waals surface area contributed by atoms with Crippen LogP contribution in [0.1, 0.15) is 12.5 Å². The number of nitrogens with zero attached hydrogens (tertiary/aromatic N) is 4. The summed E-state index contributed by atoms with van der Waals surface area (Å²) in [5.74, 6) is 1.16. The number of benzene rings is 1. The molecule has 0 fully saturated rings.